The van der Waals surface area contributed by atoms with Crippen LogP contribution >= 0.6 is 0 Å². The molecule has 0 fully saturated rings. The molecule has 0 radical (unpaired) electrons. The number of carbonyl (C=O) groups is 1. The van der Waals surface area contributed by atoms with Gasteiger partial charge in [0.1, 0.15) is 5.82 Å². The minimum atomic E-state index is -4.01. The number of ether oxygens (including phenoxy) is 1. The molecular weight excluding hydrogens is 463 g/mol. The van der Waals surface area contributed by atoms with Crippen LogP contribution in [-0.4, -0.2) is 37.3 Å². The molecule has 0 aliphatic carbocycles. The summed E-state index contributed by atoms with van der Waals surface area (Å²) in [5, 5.41) is 5.47. The lowest BCUT2D eigenvalue weighted by atomic mass is 10.0. The van der Waals surface area contributed by atoms with Gasteiger partial charge in [-0.3, -0.25) is 9.10 Å². The van der Waals surface area contributed by atoms with Crippen LogP contribution < -0.4 is 15.6 Å². The van der Waals surface area contributed by atoms with Crippen LogP contribution in [0.15, 0.2) is 77.6 Å². The van der Waals surface area contributed by atoms with Gasteiger partial charge < -0.3 is 10.5 Å². The van der Waals surface area contributed by atoms with E-state index >= 15 is 0 Å². The summed E-state index contributed by atoms with van der Waals surface area (Å²) < 4.78 is 45.0. The Morgan fingerprint density at radius 1 is 1.06 bits per heavy atom. The van der Waals surface area contributed by atoms with E-state index in [-0.39, 0.29) is 11.2 Å². The molecule has 0 spiro atoms. The lowest BCUT2D eigenvalue weighted by molar-refractivity contribution is 0.174. The Hall–Kier alpha value is -4.25. The second-order valence-electron chi connectivity index (χ2n) is 7.30. The lowest BCUT2D eigenvalue weighted by Crippen LogP contribution is -2.32. The quantitative estimate of drug-likeness (QED) is 0.450. The van der Waals surface area contributed by atoms with Gasteiger partial charge >= 0.3 is 6.09 Å². The molecule has 9 nitrogen and oxygen atoms in total. The highest BCUT2D eigenvalue weighted by Crippen LogP contribution is 2.29. The third-order valence-corrected chi connectivity index (χ3v) is 6.59. The van der Waals surface area contributed by atoms with Gasteiger partial charge in [0.2, 0.25) is 5.94 Å². The largest absolute Gasteiger partial charge is 0.431 e. The molecule has 0 aliphatic heterocycles. The number of fused-ring (bicyclic) bond motifs is 1. The number of nitrogens with two attached hydrogens (primary N) is 1. The molecule has 11 heteroatoms. The molecule has 1 aromatic heterocycles. The average Bonchev–Trinajstić information content (AvgIpc) is 2.83. The fourth-order valence-corrected chi connectivity index (χ4v) is 4.24. The number of hydrogen-bond acceptors (Lipinski definition) is 6. The highest BCUT2D eigenvalue weighted by molar-refractivity contribution is 7.92. The van der Waals surface area contributed by atoms with E-state index in [1.165, 1.54) is 36.0 Å². The van der Waals surface area contributed by atoms with E-state index < -0.39 is 27.9 Å². The molecule has 0 saturated heterocycles. The van der Waals surface area contributed by atoms with Crippen molar-refractivity contribution in [3.8, 4) is 16.9 Å². The first-order valence-corrected chi connectivity index (χ1v) is 11.6. The highest BCUT2D eigenvalue weighted by Gasteiger charge is 2.21. The number of primary amides is 1. The van der Waals surface area contributed by atoms with Crippen LogP contribution in [0.4, 0.5) is 14.9 Å². The van der Waals surface area contributed by atoms with Gasteiger partial charge in [-0.25, -0.2) is 17.6 Å². The normalized spacial score (nSPS) is 11.4. The van der Waals surface area contributed by atoms with Crippen LogP contribution in [0.25, 0.3) is 27.7 Å². The molecule has 0 unspecified atom stereocenters. The predicted molar refractivity (Wildman–Crippen MR) is 126 cm³/mol. The standard InChI is InChI=1S/C23H19FN4O5S/c1-27(34(31,32)14-33-23(25)30)18-6-4-5-15(13-18)21-19-7-2-3-8-20(19)22(29)28(26-21)17-11-9-16(24)10-12-17/h2-13H,14H2,1H3,(H2,25,30). The zero-order valence-electron chi connectivity index (χ0n) is 17.9. The lowest BCUT2D eigenvalue weighted by Gasteiger charge is -2.20. The van der Waals surface area contributed by atoms with E-state index in [2.05, 4.69) is 9.84 Å². The van der Waals surface area contributed by atoms with E-state index in [1.54, 1.807) is 48.5 Å². The molecule has 0 atom stereocenters. The van der Waals surface area contributed by atoms with E-state index in [0.717, 1.165) is 4.31 Å². The summed E-state index contributed by atoms with van der Waals surface area (Å²) in [6.45, 7) is 0. The van der Waals surface area contributed by atoms with Crippen LogP contribution in [0.3, 0.4) is 0 Å². The van der Waals surface area contributed by atoms with Crippen molar-refractivity contribution in [2.75, 3.05) is 17.3 Å². The minimum Gasteiger partial charge on any atom is -0.431 e. The zero-order valence-corrected chi connectivity index (χ0v) is 18.7. The first kappa shape index (κ1) is 22.9. The molecule has 4 rings (SSSR count). The van der Waals surface area contributed by atoms with Crippen LogP contribution in [0.1, 0.15) is 0 Å². The van der Waals surface area contributed by atoms with Crippen molar-refractivity contribution in [3.05, 3.63) is 89.0 Å². The van der Waals surface area contributed by atoms with Crippen molar-refractivity contribution in [3.63, 3.8) is 0 Å². The van der Waals surface area contributed by atoms with Gasteiger partial charge in [-0.1, -0.05) is 30.3 Å². The van der Waals surface area contributed by atoms with Gasteiger partial charge in [-0.05, 0) is 42.5 Å². The molecule has 2 N–H and O–H groups in total. The Balaban J connectivity index is 1.86. The van der Waals surface area contributed by atoms with E-state index in [1.807, 2.05) is 0 Å². The van der Waals surface area contributed by atoms with Crippen molar-refractivity contribution in [1.82, 2.24) is 9.78 Å². The first-order valence-electron chi connectivity index (χ1n) is 9.95. The van der Waals surface area contributed by atoms with Crippen molar-refractivity contribution in [1.29, 1.82) is 0 Å². The summed E-state index contributed by atoms with van der Waals surface area (Å²) in [5.41, 5.74) is 6.08. The van der Waals surface area contributed by atoms with E-state index in [9.17, 15) is 22.4 Å². The van der Waals surface area contributed by atoms with Crippen LogP contribution in [0, 0.1) is 5.82 Å². The molecule has 1 heterocycles. The third-order valence-electron chi connectivity index (χ3n) is 5.13. The number of nitrogens with zero attached hydrogens (tertiary/aromatic N) is 3. The van der Waals surface area contributed by atoms with Crippen molar-refractivity contribution < 1.29 is 22.3 Å². The fraction of sp³-hybridized carbons (Fsp3) is 0.0870. The van der Waals surface area contributed by atoms with Gasteiger partial charge in [-0.2, -0.15) is 9.78 Å². The SMILES string of the molecule is CN(c1cccc(-c2nn(-c3ccc(F)cc3)c(=O)c3ccccc23)c1)S(=O)(=O)COC(N)=O. The highest BCUT2D eigenvalue weighted by atomic mass is 32.2. The molecule has 3 aromatic carbocycles. The molecule has 0 saturated carbocycles. The number of rotatable bonds is 6. The number of aromatic nitrogens is 2. The second-order valence-corrected chi connectivity index (χ2v) is 9.25. The monoisotopic (exact) mass is 482 g/mol. The molecule has 34 heavy (non-hydrogen) atoms. The average molecular weight is 482 g/mol. The summed E-state index contributed by atoms with van der Waals surface area (Å²) in [7, 11) is -2.70. The molecule has 1 amide bonds. The second kappa shape index (κ2) is 8.94. The Kier molecular flexibility index (Phi) is 6.03. The van der Waals surface area contributed by atoms with Gasteiger partial charge in [-0.15, -0.1) is 0 Å². The molecular formula is C23H19FN4O5S. The van der Waals surface area contributed by atoms with Crippen molar-refractivity contribution in [2.24, 2.45) is 5.73 Å². The molecule has 0 bridgehead atoms. The summed E-state index contributed by atoms with van der Waals surface area (Å²) in [6, 6.07) is 18.7. The fourth-order valence-electron chi connectivity index (χ4n) is 3.38. The number of carbonyl (C=O) groups excluding carboxylic acids is 1. The predicted octanol–water partition coefficient (Wildman–Crippen LogP) is 3.01. The topological polar surface area (TPSA) is 125 Å². The van der Waals surface area contributed by atoms with E-state index in [0.29, 0.717) is 27.7 Å². The molecule has 4 aromatic rings. The van der Waals surface area contributed by atoms with Gasteiger partial charge in [0.05, 0.1) is 22.5 Å². The van der Waals surface area contributed by atoms with Crippen LogP contribution in [0.5, 0.6) is 0 Å². The number of amides is 1. The molecule has 174 valence electrons. The molecule has 0 aliphatic rings. The maximum absolute atomic E-state index is 13.4. The third kappa shape index (κ3) is 4.46. The number of anilines is 1. The smallest absolute Gasteiger partial charge is 0.405 e. The summed E-state index contributed by atoms with van der Waals surface area (Å²) in [6.07, 6.45) is -1.20. The minimum absolute atomic E-state index is 0.274. The van der Waals surface area contributed by atoms with Crippen molar-refractivity contribution >= 4 is 32.6 Å². The zero-order chi connectivity index (χ0) is 24.5. The number of hydrogen-bond donors (Lipinski definition) is 1. The summed E-state index contributed by atoms with van der Waals surface area (Å²) in [5.74, 6) is -1.37. The summed E-state index contributed by atoms with van der Waals surface area (Å²) in [4.78, 5) is 23.9. The Labute approximate surface area is 193 Å². The summed E-state index contributed by atoms with van der Waals surface area (Å²) >= 11 is 0. The first-order chi connectivity index (χ1) is 16.2. The van der Waals surface area contributed by atoms with E-state index in [4.69, 9.17) is 5.73 Å². The Morgan fingerprint density at radius 3 is 2.41 bits per heavy atom. The Morgan fingerprint density at radius 2 is 1.74 bits per heavy atom. The maximum atomic E-state index is 13.4. The van der Waals surface area contributed by atoms with Gasteiger partial charge in [0, 0.05) is 18.0 Å². The number of sulfonamides is 1. The number of benzene rings is 3. The Bertz CT molecular complexity index is 1550. The number of halogens is 1. The maximum Gasteiger partial charge on any atom is 0.405 e. The van der Waals surface area contributed by atoms with Crippen LogP contribution in [-0.2, 0) is 14.8 Å². The van der Waals surface area contributed by atoms with Crippen molar-refractivity contribution in [2.45, 2.75) is 0 Å². The van der Waals surface area contributed by atoms with Gasteiger partial charge in [0.15, 0.2) is 0 Å². The van der Waals surface area contributed by atoms with Gasteiger partial charge in [0.25, 0.3) is 15.6 Å². The van der Waals surface area contributed by atoms with Crippen LogP contribution in [0.2, 0.25) is 0 Å².